The van der Waals surface area contributed by atoms with Crippen LogP contribution in [0.2, 0.25) is 0 Å². The highest BCUT2D eigenvalue weighted by molar-refractivity contribution is 5.99. The number of nitrogens with two attached hydrogens (primary N) is 1. The molecule has 5 heterocycles. The zero-order valence-electron chi connectivity index (χ0n) is 26.6. The minimum absolute atomic E-state index is 0.0798. The molecule has 0 saturated carbocycles. The molecule has 4 amide bonds. The van der Waals surface area contributed by atoms with Gasteiger partial charge >= 0.3 is 0 Å². The first-order valence-corrected chi connectivity index (χ1v) is 16.4. The van der Waals surface area contributed by atoms with Crippen molar-refractivity contribution in [2.24, 2.45) is 11.7 Å². The summed E-state index contributed by atoms with van der Waals surface area (Å²) in [6, 6.07) is 11.7. The second-order valence-corrected chi connectivity index (χ2v) is 13.3. The minimum Gasteiger partial charge on any atom is -0.388 e. The number of aliphatic hydroxyl groups is 1. The van der Waals surface area contributed by atoms with Crippen molar-refractivity contribution in [3.05, 3.63) is 58.4 Å². The number of anilines is 2. The van der Waals surface area contributed by atoms with E-state index in [2.05, 4.69) is 25.4 Å². The topological polar surface area (TPSA) is 187 Å². The Bertz CT molecular complexity index is 1810. The van der Waals surface area contributed by atoms with Gasteiger partial charge in [0.25, 0.3) is 11.5 Å². The third kappa shape index (κ3) is 6.22. The van der Waals surface area contributed by atoms with Crippen molar-refractivity contribution in [3.8, 4) is 0 Å². The highest BCUT2D eigenvalue weighted by Crippen LogP contribution is 2.31. The number of fused-ring (bicyclic) bond motifs is 1. The van der Waals surface area contributed by atoms with Gasteiger partial charge in [-0.25, -0.2) is 0 Å². The van der Waals surface area contributed by atoms with Gasteiger partial charge in [0.15, 0.2) is 0 Å². The standard InChI is InChI=1S/C33H39N9O6/c34-29(44)21-1-3-23(4-2-21)39-15-13-38(14-16-39)20-33(48)9-11-40(12-10-33)31(46)22-18-41(19-22)24-5-6-26-25(17-24)32(47)42(37-36-26)27-7-8-28(43)35-30(27)45/h1-6,17,22,27,48H,7-16,18-20H2,(H2,34,44)(H,35,43,45). The molecular weight excluding hydrogens is 618 g/mol. The zero-order chi connectivity index (χ0) is 33.6. The molecule has 4 saturated heterocycles. The molecule has 3 aromatic rings. The molecule has 1 unspecified atom stereocenters. The molecule has 7 rings (SSSR count). The number of nitrogens with zero attached hydrogens (tertiary/aromatic N) is 7. The van der Waals surface area contributed by atoms with E-state index in [9.17, 15) is 29.1 Å². The maximum Gasteiger partial charge on any atom is 0.278 e. The van der Waals surface area contributed by atoms with Gasteiger partial charge in [-0.1, -0.05) is 5.21 Å². The highest BCUT2D eigenvalue weighted by Gasteiger charge is 2.41. The molecule has 15 heteroatoms. The summed E-state index contributed by atoms with van der Waals surface area (Å²) in [4.78, 5) is 70.3. The van der Waals surface area contributed by atoms with E-state index >= 15 is 0 Å². The number of β-amino-alcohol motifs (C(OH)–C–C–N with tert-alkyl or cyclic N) is 1. The maximum atomic E-state index is 13.4. The number of nitrogens with one attached hydrogen (secondary N) is 1. The smallest absolute Gasteiger partial charge is 0.278 e. The van der Waals surface area contributed by atoms with Crippen LogP contribution in [-0.2, 0) is 14.4 Å². The van der Waals surface area contributed by atoms with Gasteiger partial charge in [0.05, 0.1) is 16.9 Å². The molecule has 252 valence electrons. The first-order valence-electron chi connectivity index (χ1n) is 16.4. The summed E-state index contributed by atoms with van der Waals surface area (Å²) >= 11 is 0. The molecular formula is C33H39N9O6. The molecule has 48 heavy (non-hydrogen) atoms. The van der Waals surface area contributed by atoms with E-state index in [1.165, 1.54) is 0 Å². The Morgan fingerprint density at radius 2 is 1.60 bits per heavy atom. The molecule has 1 atom stereocenters. The summed E-state index contributed by atoms with van der Waals surface area (Å²) in [5.74, 6) is -1.48. The number of benzene rings is 2. The highest BCUT2D eigenvalue weighted by atomic mass is 16.3. The Hall–Kier alpha value is -4.89. The Morgan fingerprint density at radius 3 is 2.27 bits per heavy atom. The number of hydrogen-bond donors (Lipinski definition) is 3. The third-order valence-corrected chi connectivity index (χ3v) is 10.2. The second kappa shape index (κ2) is 12.6. The van der Waals surface area contributed by atoms with Gasteiger partial charge in [0.2, 0.25) is 17.7 Å². The Kier molecular flexibility index (Phi) is 8.33. The van der Waals surface area contributed by atoms with Gasteiger partial charge in [-0.15, -0.1) is 5.10 Å². The van der Waals surface area contributed by atoms with Crippen molar-refractivity contribution in [3.63, 3.8) is 0 Å². The van der Waals surface area contributed by atoms with Gasteiger partial charge in [-0.2, -0.15) is 4.68 Å². The fourth-order valence-electron chi connectivity index (χ4n) is 7.18. The van der Waals surface area contributed by atoms with Crippen LogP contribution in [0.1, 0.15) is 42.1 Å². The van der Waals surface area contributed by atoms with E-state index in [1.54, 1.807) is 24.3 Å². The first kappa shape index (κ1) is 31.7. The average Bonchev–Trinajstić information content (AvgIpc) is 3.05. The molecule has 0 bridgehead atoms. The van der Waals surface area contributed by atoms with Crippen LogP contribution in [0.15, 0.2) is 47.3 Å². The Morgan fingerprint density at radius 1 is 0.917 bits per heavy atom. The molecule has 4 fully saturated rings. The van der Waals surface area contributed by atoms with Crippen LogP contribution in [0, 0.1) is 5.92 Å². The van der Waals surface area contributed by atoms with Crippen molar-refractivity contribution in [1.29, 1.82) is 0 Å². The van der Waals surface area contributed by atoms with Crippen LogP contribution in [0.3, 0.4) is 0 Å². The number of rotatable bonds is 7. The largest absolute Gasteiger partial charge is 0.388 e. The number of primary amides is 1. The predicted octanol–water partition coefficient (Wildman–Crippen LogP) is -0.520. The minimum atomic E-state index is -0.894. The van der Waals surface area contributed by atoms with Crippen molar-refractivity contribution in [1.82, 2.24) is 30.1 Å². The van der Waals surface area contributed by atoms with E-state index in [0.717, 1.165) is 42.2 Å². The molecule has 0 radical (unpaired) electrons. The quantitative estimate of drug-likeness (QED) is 0.278. The lowest BCUT2D eigenvalue weighted by atomic mass is 9.89. The number of carbonyl (C=O) groups is 4. The van der Waals surface area contributed by atoms with Crippen LogP contribution >= 0.6 is 0 Å². The molecule has 4 aliphatic rings. The van der Waals surface area contributed by atoms with Crippen molar-refractivity contribution in [2.75, 3.05) is 68.7 Å². The van der Waals surface area contributed by atoms with Crippen LogP contribution in [0.4, 0.5) is 11.4 Å². The van der Waals surface area contributed by atoms with Gasteiger partial charge < -0.3 is 25.5 Å². The Balaban J connectivity index is 0.896. The van der Waals surface area contributed by atoms with Crippen LogP contribution in [0.5, 0.6) is 0 Å². The number of hydrogen-bond acceptors (Lipinski definition) is 11. The van der Waals surface area contributed by atoms with Crippen LogP contribution in [-0.4, -0.2) is 118 Å². The number of piperazine rings is 1. The predicted molar refractivity (Wildman–Crippen MR) is 175 cm³/mol. The molecule has 4 aliphatic heterocycles. The zero-order valence-corrected chi connectivity index (χ0v) is 26.6. The second-order valence-electron chi connectivity index (χ2n) is 13.3. The fraction of sp³-hybridized carbons (Fsp3) is 0.485. The monoisotopic (exact) mass is 657 g/mol. The number of likely N-dealkylation sites (tertiary alicyclic amines) is 1. The third-order valence-electron chi connectivity index (χ3n) is 10.2. The lowest BCUT2D eigenvalue weighted by Gasteiger charge is -2.46. The summed E-state index contributed by atoms with van der Waals surface area (Å²) in [5, 5.41) is 22.0. The average molecular weight is 658 g/mol. The molecule has 0 spiro atoms. The molecule has 1 aromatic heterocycles. The molecule has 4 N–H and O–H groups in total. The summed E-state index contributed by atoms with van der Waals surface area (Å²) in [6.07, 6.45) is 1.35. The number of amides is 4. The van der Waals surface area contributed by atoms with Crippen LogP contribution < -0.4 is 26.4 Å². The van der Waals surface area contributed by atoms with E-state index in [0.29, 0.717) is 62.0 Å². The number of aromatic nitrogens is 3. The van der Waals surface area contributed by atoms with E-state index < -0.39 is 29.0 Å². The van der Waals surface area contributed by atoms with Crippen molar-refractivity contribution < 1.29 is 24.3 Å². The molecule has 2 aromatic carbocycles. The number of imide groups is 1. The molecule has 15 nitrogen and oxygen atoms in total. The van der Waals surface area contributed by atoms with Gasteiger partial charge in [-0.3, -0.25) is 34.2 Å². The maximum absolute atomic E-state index is 13.4. The summed E-state index contributed by atoms with van der Waals surface area (Å²) in [6.45, 7) is 5.86. The molecule has 0 aliphatic carbocycles. The lowest BCUT2D eigenvalue weighted by molar-refractivity contribution is -0.141. The van der Waals surface area contributed by atoms with E-state index in [-0.39, 0.29) is 30.6 Å². The van der Waals surface area contributed by atoms with Crippen molar-refractivity contribution >= 4 is 45.9 Å². The van der Waals surface area contributed by atoms with Crippen molar-refractivity contribution in [2.45, 2.75) is 37.3 Å². The lowest BCUT2D eigenvalue weighted by Crippen LogP contribution is -2.59. The van der Waals surface area contributed by atoms with Gasteiger partial charge in [-0.05, 0) is 61.7 Å². The normalized spacial score (nSPS) is 22.0. The summed E-state index contributed by atoms with van der Waals surface area (Å²) in [7, 11) is 0. The summed E-state index contributed by atoms with van der Waals surface area (Å²) in [5.41, 5.74) is 6.77. The SMILES string of the molecule is NC(=O)c1ccc(N2CCN(CC3(O)CCN(C(=O)C4CN(c5ccc6nnn(C7CCC(=O)NC7=O)c(=O)c6c5)C4)CC3)CC2)cc1. The Labute approximate surface area is 276 Å². The van der Waals surface area contributed by atoms with E-state index in [4.69, 9.17) is 5.73 Å². The number of carbonyl (C=O) groups excluding carboxylic acids is 4. The first-order chi connectivity index (χ1) is 23.1. The fourth-order valence-corrected chi connectivity index (χ4v) is 7.18. The number of piperidine rings is 2. The van der Waals surface area contributed by atoms with Gasteiger partial charge in [0, 0.05) is 82.3 Å². The van der Waals surface area contributed by atoms with Gasteiger partial charge in [0.1, 0.15) is 11.6 Å². The van der Waals surface area contributed by atoms with E-state index in [1.807, 2.05) is 28.0 Å². The van der Waals surface area contributed by atoms with Crippen LogP contribution in [0.25, 0.3) is 10.9 Å². The summed E-state index contributed by atoms with van der Waals surface area (Å²) < 4.78 is 1.04.